The van der Waals surface area contributed by atoms with E-state index in [2.05, 4.69) is 34.1 Å². The van der Waals surface area contributed by atoms with Gasteiger partial charge in [0.15, 0.2) is 0 Å². The van der Waals surface area contributed by atoms with E-state index >= 15 is 0 Å². The van der Waals surface area contributed by atoms with Gasteiger partial charge in [0.25, 0.3) is 0 Å². The Hall–Kier alpha value is -1.14. The van der Waals surface area contributed by atoms with Crippen molar-refractivity contribution in [3.63, 3.8) is 0 Å². The van der Waals surface area contributed by atoms with Crippen molar-refractivity contribution < 1.29 is 14.2 Å². The van der Waals surface area contributed by atoms with Crippen LogP contribution in [0.3, 0.4) is 0 Å². The summed E-state index contributed by atoms with van der Waals surface area (Å²) in [5.74, 6) is 1.00. The summed E-state index contributed by atoms with van der Waals surface area (Å²) in [5.41, 5.74) is 1.63. The molecule has 5 nitrogen and oxygen atoms in total. The van der Waals surface area contributed by atoms with Crippen molar-refractivity contribution in [1.82, 2.24) is 9.80 Å². The van der Waals surface area contributed by atoms with Crippen molar-refractivity contribution >= 4 is 0 Å². The summed E-state index contributed by atoms with van der Waals surface area (Å²) < 4.78 is 17.3. The molecule has 0 unspecified atom stereocenters. The van der Waals surface area contributed by atoms with Crippen LogP contribution in [0.4, 0.5) is 0 Å². The van der Waals surface area contributed by atoms with Crippen molar-refractivity contribution in [3.05, 3.63) is 29.8 Å². The molecule has 1 aromatic rings. The number of methoxy groups -OCH3 is 1. The number of ether oxygens (including phenoxy) is 3. The SMILES string of the molecule is COC[C@@H]1CCCN1CC1(c2ccc(OCCCN3CCCC3)cc2)CCOCC1. The van der Waals surface area contributed by atoms with Crippen LogP contribution in [-0.4, -0.2) is 82.1 Å². The van der Waals surface area contributed by atoms with Gasteiger partial charge in [-0.15, -0.1) is 0 Å². The first-order chi connectivity index (χ1) is 14.8. The molecule has 0 aliphatic carbocycles. The third-order valence-corrected chi connectivity index (χ3v) is 7.37. The third-order valence-electron chi connectivity index (χ3n) is 7.37. The van der Waals surface area contributed by atoms with Gasteiger partial charge in [0.2, 0.25) is 0 Å². The van der Waals surface area contributed by atoms with Crippen LogP contribution in [0.1, 0.15) is 50.5 Å². The topological polar surface area (TPSA) is 34.2 Å². The smallest absolute Gasteiger partial charge is 0.119 e. The molecule has 3 saturated heterocycles. The normalized spacial score (nSPS) is 25.0. The third kappa shape index (κ3) is 5.56. The Morgan fingerprint density at radius 2 is 1.80 bits per heavy atom. The fraction of sp³-hybridized carbons (Fsp3) is 0.760. The van der Waals surface area contributed by atoms with E-state index in [1.165, 1.54) is 57.4 Å². The van der Waals surface area contributed by atoms with Crippen LogP contribution in [0.2, 0.25) is 0 Å². The summed E-state index contributed by atoms with van der Waals surface area (Å²) in [6.07, 6.45) is 8.56. The number of hydrogen-bond acceptors (Lipinski definition) is 5. The number of nitrogens with zero attached hydrogens (tertiary/aromatic N) is 2. The molecule has 3 heterocycles. The van der Waals surface area contributed by atoms with E-state index in [9.17, 15) is 0 Å². The summed E-state index contributed by atoms with van der Waals surface area (Å²) in [7, 11) is 1.82. The summed E-state index contributed by atoms with van der Waals surface area (Å²) in [6, 6.07) is 9.54. The molecular formula is C25H40N2O3. The second-order valence-corrected chi connectivity index (χ2v) is 9.39. The van der Waals surface area contributed by atoms with Crippen molar-refractivity contribution in [3.8, 4) is 5.75 Å². The minimum absolute atomic E-state index is 0.183. The first kappa shape index (κ1) is 22.1. The van der Waals surface area contributed by atoms with Gasteiger partial charge in [-0.25, -0.2) is 0 Å². The van der Waals surface area contributed by atoms with Crippen LogP contribution < -0.4 is 4.74 Å². The first-order valence-electron chi connectivity index (χ1n) is 12.1. The fourth-order valence-corrected chi connectivity index (χ4v) is 5.56. The monoisotopic (exact) mass is 416 g/mol. The Labute approximate surface area is 182 Å². The Morgan fingerprint density at radius 3 is 2.53 bits per heavy atom. The summed E-state index contributed by atoms with van der Waals surface area (Å²) in [5, 5.41) is 0. The van der Waals surface area contributed by atoms with Crippen LogP contribution in [-0.2, 0) is 14.9 Å². The predicted octanol–water partition coefficient (Wildman–Crippen LogP) is 3.71. The average Bonchev–Trinajstić information content (AvgIpc) is 3.45. The van der Waals surface area contributed by atoms with Gasteiger partial charge < -0.3 is 19.1 Å². The van der Waals surface area contributed by atoms with Crippen molar-refractivity contribution in [2.45, 2.75) is 56.4 Å². The molecule has 4 rings (SSSR count). The van der Waals surface area contributed by atoms with E-state index in [4.69, 9.17) is 14.2 Å². The van der Waals surface area contributed by atoms with E-state index < -0.39 is 0 Å². The lowest BCUT2D eigenvalue weighted by atomic mass is 9.73. The second kappa shape index (κ2) is 10.9. The molecule has 0 aromatic heterocycles. The number of likely N-dealkylation sites (tertiary alicyclic amines) is 2. The quantitative estimate of drug-likeness (QED) is 0.543. The van der Waals surface area contributed by atoms with Gasteiger partial charge in [0, 0.05) is 44.9 Å². The molecule has 1 atom stereocenters. The lowest BCUT2D eigenvalue weighted by molar-refractivity contribution is 0.0245. The largest absolute Gasteiger partial charge is 0.494 e. The molecule has 0 saturated carbocycles. The Bertz CT molecular complexity index is 624. The van der Waals surface area contributed by atoms with E-state index in [1.807, 2.05) is 7.11 Å². The van der Waals surface area contributed by atoms with Gasteiger partial charge in [-0.3, -0.25) is 4.90 Å². The van der Waals surface area contributed by atoms with Gasteiger partial charge in [-0.1, -0.05) is 12.1 Å². The predicted molar refractivity (Wildman–Crippen MR) is 120 cm³/mol. The lowest BCUT2D eigenvalue weighted by Crippen LogP contribution is -2.47. The fourth-order valence-electron chi connectivity index (χ4n) is 5.56. The van der Waals surface area contributed by atoms with Gasteiger partial charge in [0.1, 0.15) is 5.75 Å². The summed E-state index contributed by atoms with van der Waals surface area (Å²) in [4.78, 5) is 5.22. The maximum Gasteiger partial charge on any atom is 0.119 e. The van der Waals surface area contributed by atoms with Crippen LogP contribution in [0.5, 0.6) is 5.75 Å². The molecule has 1 aromatic carbocycles. The molecule has 0 N–H and O–H groups in total. The average molecular weight is 417 g/mol. The maximum absolute atomic E-state index is 6.05. The van der Waals surface area contributed by atoms with E-state index in [0.717, 1.165) is 58.0 Å². The molecule has 30 heavy (non-hydrogen) atoms. The zero-order valence-electron chi connectivity index (χ0n) is 18.8. The van der Waals surface area contributed by atoms with Gasteiger partial charge in [0.05, 0.1) is 13.2 Å². The Kier molecular flexibility index (Phi) is 8.05. The molecule has 0 bridgehead atoms. The van der Waals surface area contributed by atoms with Gasteiger partial charge in [-0.05, 0) is 82.3 Å². The highest BCUT2D eigenvalue weighted by Crippen LogP contribution is 2.38. The lowest BCUT2D eigenvalue weighted by Gasteiger charge is -2.42. The molecule has 0 spiro atoms. The zero-order valence-corrected chi connectivity index (χ0v) is 18.8. The molecule has 0 amide bonds. The molecule has 3 aliphatic rings. The highest BCUT2D eigenvalue weighted by molar-refractivity contribution is 5.33. The van der Waals surface area contributed by atoms with Crippen LogP contribution >= 0.6 is 0 Å². The van der Waals surface area contributed by atoms with Gasteiger partial charge in [-0.2, -0.15) is 0 Å². The van der Waals surface area contributed by atoms with Crippen LogP contribution in [0, 0.1) is 0 Å². The molecular weight excluding hydrogens is 376 g/mol. The van der Waals surface area contributed by atoms with E-state index in [0.29, 0.717) is 6.04 Å². The minimum Gasteiger partial charge on any atom is -0.494 e. The van der Waals surface area contributed by atoms with Gasteiger partial charge >= 0.3 is 0 Å². The Morgan fingerprint density at radius 1 is 1.03 bits per heavy atom. The van der Waals surface area contributed by atoms with Crippen molar-refractivity contribution in [2.24, 2.45) is 0 Å². The highest BCUT2D eigenvalue weighted by Gasteiger charge is 2.39. The number of rotatable bonds is 10. The van der Waals surface area contributed by atoms with E-state index in [-0.39, 0.29) is 5.41 Å². The summed E-state index contributed by atoms with van der Waals surface area (Å²) in [6.45, 7) is 9.37. The zero-order chi connectivity index (χ0) is 20.7. The molecule has 0 radical (unpaired) electrons. The van der Waals surface area contributed by atoms with Crippen LogP contribution in [0.25, 0.3) is 0 Å². The van der Waals surface area contributed by atoms with Crippen molar-refractivity contribution in [1.29, 1.82) is 0 Å². The molecule has 168 valence electrons. The molecule has 3 fully saturated rings. The first-order valence-corrected chi connectivity index (χ1v) is 12.1. The van der Waals surface area contributed by atoms with E-state index in [1.54, 1.807) is 0 Å². The maximum atomic E-state index is 6.05. The standard InChI is InChI=1S/C25H40N2O3/c1-28-20-23-6-4-16-27(23)21-25(11-18-29-19-12-25)22-7-9-24(10-8-22)30-17-5-15-26-13-2-3-14-26/h7-10,23H,2-6,11-21H2,1H3/t23-/m0/s1. The number of benzene rings is 1. The minimum atomic E-state index is 0.183. The summed E-state index contributed by atoms with van der Waals surface area (Å²) >= 11 is 0. The van der Waals surface area contributed by atoms with Crippen LogP contribution in [0.15, 0.2) is 24.3 Å². The van der Waals surface area contributed by atoms with Crippen molar-refractivity contribution in [2.75, 3.05) is 66.3 Å². The Balaban J connectivity index is 1.35. The highest BCUT2D eigenvalue weighted by atomic mass is 16.5. The molecule has 5 heteroatoms. The molecule has 3 aliphatic heterocycles. The number of hydrogen-bond donors (Lipinski definition) is 0. The second-order valence-electron chi connectivity index (χ2n) is 9.39.